The number of piperidine rings is 3. The lowest BCUT2D eigenvalue weighted by atomic mass is 9.69. The molecule has 5 rings (SSSR count). The molecule has 5 aliphatic rings. The normalized spacial score (nSPS) is 44.6. The maximum Gasteiger partial charge on any atom is 0.403 e. The number of nitrogens with one attached hydrogen (secondary N) is 5. The number of nitrogens with zero attached hydrogens (tertiary/aromatic N) is 1. The quantitative estimate of drug-likeness (QED) is 0.164. The third-order valence-corrected chi connectivity index (χ3v) is 11.3. The van der Waals surface area contributed by atoms with Crippen molar-refractivity contribution in [3.8, 4) is 0 Å². The van der Waals surface area contributed by atoms with E-state index in [1.54, 1.807) is 12.0 Å². The second-order valence-corrected chi connectivity index (χ2v) is 13.9. The molecule has 0 aromatic carbocycles. The van der Waals surface area contributed by atoms with Crippen molar-refractivity contribution in [3.63, 3.8) is 0 Å². The standard InChI is InChI=1S/C26H41ClF4N6O4S/c1-11-6-13(19-16(40-2)8-33-21(27)20(19)28)14(7-32-11)22(38)36-25-34-15-9-37(10-17(15)42-25)24(39)12-4-5-18(26(29,30)31)35-23(12)41-3/h11-21,23,25,32-35H,4-10H2,1-3H3,(H,36,38). The Kier molecular flexibility index (Phi) is 10.2. The minimum atomic E-state index is -4.40. The number of carbonyl (C=O) groups is 2. The fourth-order valence-corrected chi connectivity index (χ4v) is 8.99. The van der Waals surface area contributed by atoms with Crippen LogP contribution in [0.5, 0.6) is 0 Å². The van der Waals surface area contributed by atoms with Gasteiger partial charge in [0.25, 0.3) is 0 Å². The molecule has 13 unspecified atom stereocenters. The largest absolute Gasteiger partial charge is 0.403 e. The lowest BCUT2D eigenvalue weighted by molar-refractivity contribution is -0.183. The zero-order valence-electron chi connectivity index (χ0n) is 23.8. The number of thioether (sulfide) groups is 1. The van der Waals surface area contributed by atoms with Crippen LogP contribution in [-0.2, 0) is 19.1 Å². The van der Waals surface area contributed by atoms with E-state index in [9.17, 15) is 22.8 Å². The van der Waals surface area contributed by atoms with E-state index in [2.05, 4.69) is 26.6 Å². The van der Waals surface area contributed by atoms with Gasteiger partial charge in [-0.25, -0.2) is 4.39 Å². The fraction of sp³-hybridized carbons (Fsp3) is 0.923. The van der Waals surface area contributed by atoms with Crippen molar-refractivity contribution in [2.45, 2.75) is 85.2 Å². The molecule has 0 aromatic heterocycles. The Morgan fingerprint density at radius 2 is 1.81 bits per heavy atom. The first kappa shape index (κ1) is 32.5. The van der Waals surface area contributed by atoms with Gasteiger partial charge in [0, 0.05) is 63.7 Å². The number of hydrogen-bond acceptors (Lipinski definition) is 9. The van der Waals surface area contributed by atoms with E-state index in [-0.39, 0.29) is 53.4 Å². The Labute approximate surface area is 252 Å². The van der Waals surface area contributed by atoms with Gasteiger partial charge in [-0.2, -0.15) is 13.2 Å². The molecule has 42 heavy (non-hydrogen) atoms. The number of fused-ring (bicyclic) bond motifs is 1. The molecule has 0 aromatic rings. The van der Waals surface area contributed by atoms with Gasteiger partial charge in [-0.05, 0) is 32.1 Å². The van der Waals surface area contributed by atoms with E-state index < -0.39 is 54.0 Å². The van der Waals surface area contributed by atoms with Crippen LogP contribution in [0.4, 0.5) is 17.6 Å². The molecule has 0 bridgehead atoms. The number of carbonyl (C=O) groups excluding carboxylic acids is 2. The molecule has 10 nitrogen and oxygen atoms in total. The lowest BCUT2D eigenvalue weighted by Gasteiger charge is -2.46. The van der Waals surface area contributed by atoms with Crippen molar-refractivity contribution in [1.82, 2.24) is 31.5 Å². The van der Waals surface area contributed by atoms with Gasteiger partial charge < -0.3 is 25.0 Å². The zero-order valence-corrected chi connectivity index (χ0v) is 25.4. The van der Waals surface area contributed by atoms with Gasteiger partial charge in [0.1, 0.15) is 29.4 Å². The number of hydrogen-bond donors (Lipinski definition) is 5. The molecule has 240 valence electrons. The highest BCUT2D eigenvalue weighted by molar-refractivity contribution is 8.00. The molecule has 0 aliphatic carbocycles. The van der Waals surface area contributed by atoms with Gasteiger partial charge in [0.05, 0.1) is 17.9 Å². The van der Waals surface area contributed by atoms with Gasteiger partial charge in [-0.3, -0.25) is 25.5 Å². The van der Waals surface area contributed by atoms with Crippen LogP contribution in [0.2, 0.25) is 0 Å². The summed E-state index contributed by atoms with van der Waals surface area (Å²) in [7, 11) is 2.85. The van der Waals surface area contributed by atoms with Crippen molar-refractivity contribution >= 4 is 35.2 Å². The van der Waals surface area contributed by atoms with Crippen LogP contribution >= 0.6 is 23.4 Å². The molecule has 0 saturated carbocycles. The second-order valence-electron chi connectivity index (χ2n) is 12.1. The van der Waals surface area contributed by atoms with E-state index in [1.165, 1.54) is 18.9 Å². The van der Waals surface area contributed by atoms with Crippen LogP contribution in [-0.4, -0.2) is 116 Å². The molecule has 5 aliphatic heterocycles. The molecule has 5 N–H and O–H groups in total. The first-order valence-electron chi connectivity index (χ1n) is 14.5. The third kappa shape index (κ3) is 6.68. The smallest absolute Gasteiger partial charge is 0.380 e. The highest BCUT2D eigenvalue weighted by Crippen LogP contribution is 2.40. The maximum atomic E-state index is 15.4. The second kappa shape index (κ2) is 13.2. The Bertz CT molecular complexity index is 974. The Morgan fingerprint density at radius 1 is 1.05 bits per heavy atom. The van der Waals surface area contributed by atoms with E-state index in [0.29, 0.717) is 32.6 Å². The summed E-state index contributed by atoms with van der Waals surface area (Å²) < 4.78 is 65.8. The Balaban J connectivity index is 1.16. The summed E-state index contributed by atoms with van der Waals surface area (Å²) in [5, 5.41) is 15.2. The summed E-state index contributed by atoms with van der Waals surface area (Å²) in [5.41, 5.74) is -1.23. The van der Waals surface area contributed by atoms with Gasteiger partial charge in [-0.1, -0.05) is 0 Å². The van der Waals surface area contributed by atoms with Gasteiger partial charge >= 0.3 is 6.18 Å². The molecular weight excluding hydrogens is 604 g/mol. The highest BCUT2D eigenvalue weighted by atomic mass is 35.5. The number of rotatable bonds is 6. The monoisotopic (exact) mass is 644 g/mol. The van der Waals surface area contributed by atoms with Gasteiger partial charge in [0.15, 0.2) is 0 Å². The Hall–Kier alpha value is -0.940. The minimum absolute atomic E-state index is 0.00883. The number of alkyl halides is 5. The fourth-order valence-electron chi connectivity index (χ4n) is 7.32. The predicted octanol–water partition coefficient (Wildman–Crippen LogP) is 0.957. The summed E-state index contributed by atoms with van der Waals surface area (Å²) in [5.74, 6) is -2.39. The van der Waals surface area contributed by atoms with Gasteiger partial charge in [0.2, 0.25) is 11.8 Å². The first-order chi connectivity index (χ1) is 19.9. The molecule has 0 radical (unpaired) electrons. The Morgan fingerprint density at radius 3 is 2.48 bits per heavy atom. The van der Waals surface area contributed by atoms with Crippen molar-refractivity contribution in [2.24, 2.45) is 23.7 Å². The molecular formula is C26H41ClF4N6O4S. The summed E-state index contributed by atoms with van der Waals surface area (Å²) in [4.78, 5) is 28.5. The minimum Gasteiger partial charge on any atom is -0.380 e. The highest BCUT2D eigenvalue weighted by Gasteiger charge is 2.52. The van der Waals surface area contributed by atoms with Crippen LogP contribution in [0, 0.1) is 23.7 Å². The van der Waals surface area contributed by atoms with E-state index in [1.807, 2.05) is 6.92 Å². The SMILES string of the molecule is COC1CNC(Cl)C(F)C1C1CC(C)NCC1C(=O)NC1NC2CN(C(=O)C3CCC(C(F)(F)F)NC3OC)CC2S1. The predicted molar refractivity (Wildman–Crippen MR) is 149 cm³/mol. The summed E-state index contributed by atoms with van der Waals surface area (Å²) >= 11 is 7.74. The number of likely N-dealkylation sites (tertiary alicyclic amines) is 1. The topological polar surface area (TPSA) is 116 Å². The number of amides is 2. The first-order valence-corrected chi connectivity index (χ1v) is 15.9. The van der Waals surface area contributed by atoms with Crippen LogP contribution < -0.4 is 26.6 Å². The molecule has 5 heterocycles. The number of methoxy groups -OCH3 is 2. The average molecular weight is 645 g/mol. The summed E-state index contributed by atoms with van der Waals surface area (Å²) in [6.45, 7) is 3.64. The molecule has 16 heteroatoms. The van der Waals surface area contributed by atoms with E-state index >= 15 is 4.39 Å². The number of halogens is 5. The molecule has 2 amide bonds. The van der Waals surface area contributed by atoms with Crippen molar-refractivity contribution in [1.29, 1.82) is 0 Å². The summed E-state index contributed by atoms with van der Waals surface area (Å²) in [6, 6.07) is -1.67. The number of ether oxygens (including phenoxy) is 2. The van der Waals surface area contributed by atoms with Crippen LogP contribution in [0.25, 0.3) is 0 Å². The van der Waals surface area contributed by atoms with Crippen molar-refractivity contribution in [3.05, 3.63) is 0 Å². The molecule has 0 spiro atoms. The van der Waals surface area contributed by atoms with E-state index in [0.717, 1.165) is 0 Å². The van der Waals surface area contributed by atoms with Crippen molar-refractivity contribution < 1.29 is 36.6 Å². The molecule has 5 saturated heterocycles. The lowest BCUT2D eigenvalue weighted by Crippen LogP contribution is -2.61. The van der Waals surface area contributed by atoms with Gasteiger partial charge in [-0.15, -0.1) is 23.4 Å². The van der Waals surface area contributed by atoms with Crippen molar-refractivity contribution in [2.75, 3.05) is 40.4 Å². The maximum absolute atomic E-state index is 15.4. The van der Waals surface area contributed by atoms with E-state index in [4.69, 9.17) is 21.1 Å². The van der Waals surface area contributed by atoms with Crippen LogP contribution in [0.15, 0.2) is 0 Å². The molecule has 5 fully saturated rings. The summed E-state index contributed by atoms with van der Waals surface area (Å²) in [6.07, 6.45) is -6.67. The molecule has 13 atom stereocenters. The third-order valence-electron chi connectivity index (χ3n) is 9.54. The average Bonchev–Trinajstić information content (AvgIpc) is 3.52. The van der Waals surface area contributed by atoms with Crippen LogP contribution in [0.1, 0.15) is 26.2 Å². The van der Waals surface area contributed by atoms with Crippen LogP contribution in [0.3, 0.4) is 0 Å². The zero-order chi connectivity index (χ0) is 30.3.